The highest BCUT2D eigenvalue weighted by Crippen LogP contribution is 2.23. The standard InChI is InChI=1S/C16H27N3O4/c17-15(21)13(11-14(20)19-7-9-23-10-8-19)18-16(22)12-5-3-1-2-4-6-12/h12-13H,1-11H2,(H2,17,21)(H,18,22)/t13-/m1/s1. The van der Waals surface area contributed by atoms with Crippen molar-refractivity contribution in [2.45, 2.75) is 51.0 Å². The van der Waals surface area contributed by atoms with E-state index >= 15 is 0 Å². The van der Waals surface area contributed by atoms with Gasteiger partial charge >= 0.3 is 0 Å². The first-order chi connectivity index (χ1) is 11.1. The van der Waals surface area contributed by atoms with Crippen molar-refractivity contribution in [1.82, 2.24) is 10.2 Å². The number of nitrogens with one attached hydrogen (secondary N) is 1. The van der Waals surface area contributed by atoms with E-state index in [2.05, 4.69) is 5.32 Å². The highest BCUT2D eigenvalue weighted by Gasteiger charge is 2.28. The Labute approximate surface area is 136 Å². The van der Waals surface area contributed by atoms with Gasteiger partial charge in [0.05, 0.1) is 19.6 Å². The van der Waals surface area contributed by atoms with Crippen LogP contribution in [0.2, 0.25) is 0 Å². The maximum atomic E-state index is 12.4. The third-order valence-corrected chi connectivity index (χ3v) is 4.63. The van der Waals surface area contributed by atoms with E-state index in [9.17, 15) is 14.4 Å². The molecule has 0 bridgehead atoms. The lowest BCUT2D eigenvalue weighted by Gasteiger charge is -2.28. The van der Waals surface area contributed by atoms with E-state index in [0.717, 1.165) is 38.5 Å². The molecule has 0 aromatic heterocycles. The van der Waals surface area contributed by atoms with Gasteiger partial charge in [0, 0.05) is 19.0 Å². The van der Waals surface area contributed by atoms with Gasteiger partial charge in [0.25, 0.3) is 0 Å². The number of nitrogens with two attached hydrogens (primary N) is 1. The number of nitrogens with zero attached hydrogens (tertiary/aromatic N) is 1. The van der Waals surface area contributed by atoms with Crippen LogP contribution >= 0.6 is 0 Å². The SMILES string of the molecule is NC(=O)[C@@H](CC(=O)N1CCOCC1)NC(=O)C1CCCCCC1. The summed E-state index contributed by atoms with van der Waals surface area (Å²) in [7, 11) is 0. The van der Waals surface area contributed by atoms with E-state index in [-0.39, 0.29) is 24.2 Å². The number of hydrogen-bond acceptors (Lipinski definition) is 4. The summed E-state index contributed by atoms with van der Waals surface area (Å²) < 4.78 is 5.20. The van der Waals surface area contributed by atoms with Crippen LogP contribution in [0.25, 0.3) is 0 Å². The zero-order chi connectivity index (χ0) is 16.7. The van der Waals surface area contributed by atoms with Crippen molar-refractivity contribution in [3.05, 3.63) is 0 Å². The summed E-state index contributed by atoms with van der Waals surface area (Å²) in [5, 5.41) is 2.69. The van der Waals surface area contributed by atoms with Crippen molar-refractivity contribution in [1.29, 1.82) is 0 Å². The first-order valence-corrected chi connectivity index (χ1v) is 8.53. The molecule has 0 unspecified atom stereocenters. The molecule has 7 nitrogen and oxygen atoms in total. The lowest BCUT2D eigenvalue weighted by atomic mass is 9.98. The van der Waals surface area contributed by atoms with Crippen LogP contribution in [-0.4, -0.2) is 55.0 Å². The second-order valence-electron chi connectivity index (χ2n) is 6.35. The molecule has 3 N–H and O–H groups in total. The molecule has 1 saturated carbocycles. The van der Waals surface area contributed by atoms with Gasteiger partial charge in [-0.2, -0.15) is 0 Å². The van der Waals surface area contributed by atoms with Crippen LogP contribution in [0.4, 0.5) is 0 Å². The van der Waals surface area contributed by atoms with Crippen LogP contribution in [-0.2, 0) is 19.1 Å². The molecule has 0 aromatic carbocycles. The van der Waals surface area contributed by atoms with E-state index < -0.39 is 11.9 Å². The van der Waals surface area contributed by atoms with E-state index in [1.165, 1.54) is 0 Å². The number of carbonyl (C=O) groups is 3. The monoisotopic (exact) mass is 325 g/mol. The van der Waals surface area contributed by atoms with Gasteiger partial charge in [0.1, 0.15) is 6.04 Å². The van der Waals surface area contributed by atoms with Crippen LogP contribution in [0.1, 0.15) is 44.9 Å². The minimum Gasteiger partial charge on any atom is -0.378 e. The quantitative estimate of drug-likeness (QED) is 0.704. The van der Waals surface area contributed by atoms with Crippen molar-refractivity contribution in [3.8, 4) is 0 Å². The Bertz CT molecular complexity index is 427. The largest absolute Gasteiger partial charge is 0.378 e. The number of carbonyl (C=O) groups excluding carboxylic acids is 3. The smallest absolute Gasteiger partial charge is 0.240 e. The van der Waals surface area contributed by atoms with Crippen LogP contribution in [0, 0.1) is 5.92 Å². The number of amides is 3. The average molecular weight is 325 g/mol. The summed E-state index contributed by atoms with van der Waals surface area (Å²) in [6.07, 6.45) is 5.98. The van der Waals surface area contributed by atoms with Crippen LogP contribution < -0.4 is 11.1 Å². The van der Waals surface area contributed by atoms with E-state index in [4.69, 9.17) is 10.5 Å². The van der Waals surface area contributed by atoms with Gasteiger partial charge in [0.2, 0.25) is 17.7 Å². The van der Waals surface area contributed by atoms with Gasteiger partial charge in [-0.25, -0.2) is 0 Å². The van der Waals surface area contributed by atoms with Crippen LogP contribution in [0.3, 0.4) is 0 Å². The molecule has 3 amide bonds. The third kappa shape index (κ3) is 5.49. The average Bonchev–Trinajstić information content (AvgIpc) is 2.84. The second-order valence-corrected chi connectivity index (χ2v) is 6.35. The summed E-state index contributed by atoms with van der Waals surface area (Å²) in [5.41, 5.74) is 5.37. The molecule has 0 radical (unpaired) electrons. The van der Waals surface area contributed by atoms with Gasteiger partial charge in [-0.05, 0) is 12.8 Å². The minimum absolute atomic E-state index is 0.0714. The van der Waals surface area contributed by atoms with Crippen molar-refractivity contribution >= 4 is 17.7 Å². The molecular weight excluding hydrogens is 298 g/mol. The first kappa shape index (κ1) is 17.7. The fraction of sp³-hybridized carbons (Fsp3) is 0.812. The maximum absolute atomic E-state index is 12.4. The summed E-state index contributed by atoms with van der Waals surface area (Å²) >= 11 is 0. The van der Waals surface area contributed by atoms with E-state index in [0.29, 0.717) is 26.3 Å². The van der Waals surface area contributed by atoms with Gasteiger partial charge in [-0.3, -0.25) is 14.4 Å². The Morgan fingerprint density at radius 1 is 1.09 bits per heavy atom. The number of ether oxygens (including phenoxy) is 1. The zero-order valence-corrected chi connectivity index (χ0v) is 13.6. The number of hydrogen-bond donors (Lipinski definition) is 2. The molecule has 0 aromatic rings. The van der Waals surface area contributed by atoms with Gasteiger partial charge < -0.3 is 20.7 Å². The molecule has 2 fully saturated rings. The maximum Gasteiger partial charge on any atom is 0.240 e. The molecule has 1 atom stereocenters. The molecule has 2 rings (SSSR count). The lowest BCUT2D eigenvalue weighted by molar-refractivity contribution is -0.138. The predicted octanol–water partition coefficient (Wildman–Crippen LogP) is 0.176. The number of primary amides is 1. The fourth-order valence-electron chi connectivity index (χ4n) is 3.17. The normalized spacial score (nSPS) is 21.3. The van der Waals surface area contributed by atoms with Crippen LogP contribution in [0.15, 0.2) is 0 Å². The van der Waals surface area contributed by atoms with Crippen molar-refractivity contribution in [3.63, 3.8) is 0 Å². The Morgan fingerprint density at radius 2 is 1.70 bits per heavy atom. The van der Waals surface area contributed by atoms with Crippen molar-refractivity contribution < 1.29 is 19.1 Å². The second kappa shape index (κ2) is 8.86. The van der Waals surface area contributed by atoms with E-state index in [1.54, 1.807) is 4.90 Å². The number of morpholine rings is 1. The molecule has 130 valence electrons. The highest BCUT2D eigenvalue weighted by atomic mass is 16.5. The summed E-state index contributed by atoms with van der Waals surface area (Å²) in [6, 6.07) is -0.930. The molecule has 2 aliphatic rings. The summed E-state index contributed by atoms with van der Waals surface area (Å²) in [5.74, 6) is -1.05. The van der Waals surface area contributed by atoms with Crippen LogP contribution in [0.5, 0.6) is 0 Å². The lowest BCUT2D eigenvalue weighted by Crippen LogP contribution is -2.50. The Balaban J connectivity index is 1.88. The molecule has 1 heterocycles. The van der Waals surface area contributed by atoms with Crippen molar-refractivity contribution in [2.75, 3.05) is 26.3 Å². The molecule has 7 heteroatoms. The first-order valence-electron chi connectivity index (χ1n) is 8.53. The topological polar surface area (TPSA) is 102 Å². The van der Waals surface area contributed by atoms with E-state index in [1.807, 2.05) is 0 Å². The predicted molar refractivity (Wildman–Crippen MR) is 84.3 cm³/mol. The van der Waals surface area contributed by atoms with Gasteiger partial charge in [-0.15, -0.1) is 0 Å². The Hall–Kier alpha value is -1.63. The van der Waals surface area contributed by atoms with Gasteiger partial charge in [-0.1, -0.05) is 25.7 Å². The molecule has 1 aliphatic heterocycles. The Kier molecular flexibility index (Phi) is 6.83. The van der Waals surface area contributed by atoms with Gasteiger partial charge in [0.15, 0.2) is 0 Å². The highest BCUT2D eigenvalue weighted by molar-refractivity contribution is 5.91. The molecule has 23 heavy (non-hydrogen) atoms. The van der Waals surface area contributed by atoms with Crippen molar-refractivity contribution in [2.24, 2.45) is 11.7 Å². The molecule has 1 saturated heterocycles. The summed E-state index contributed by atoms with van der Waals surface area (Å²) in [6.45, 7) is 2.03. The minimum atomic E-state index is -0.930. The Morgan fingerprint density at radius 3 is 2.26 bits per heavy atom. The molecular formula is C16H27N3O4. The fourth-order valence-corrected chi connectivity index (χ4v) is 3.17. The molecule has 1 aliphatic carbocycles. The number of rotatable bonds is 5. The zero-order valence-electron chi connectivity index (χ0n) is 13.6. The molecule has 0 spiro atoms. The third-order valence-electron chi connectivity index (χ3n) is 4.63. The summed E-state index contributed by atoms with van der Waals surface area (Å²) in [4.78, 5) is 37.9.